The van der Waals surface area contributed by atoms with Gasteiger partial charge < -0.3 is 15.1 Å². The van der Waals surface area contributed by atoms with E-state index in [1.165, 1.54) is 19.4 Å². The van der Waals surface area contributed by atoms with Crippen molar-refractivity contribution < 1.29 is 4.79 Å². The van der Waals surface area contributed by atoms with Gasteiger partial charge in [0.15, 0.2) is 0 Å². The first-order valence-electron chi connectivity index (χ1n) is 9.03. The summed E-state index contributed by atoms with van der Waals surface area (Å²) in [6.07, 6.45) is 2.42. The smallest absolute Gasteiger partial charge is 0.321 e. The van der Waals surface area contributed by atoms with E-state index in [0.29, 0.717) is 11.8 Å². The third-order valence-electron chi connectivity index (χ3n) is 4.75. The number of carbonyl (C=O) groups is 1. The van der Waals surface area contributed by atoms with Crippen LogP contribution in [-0.2, 0) is 0 Å². The number of amides is 2. The van der Waals surface area contributed by atoms with Gasteiger partial charge in [-0.25, -0.2) is 9.78 Å². The molecule has 1 fully saturated rings. The van der Waals surface area contributed by atoms with Gasteiger partial charge in [-0.2, -0.15) is 0 Å². The van der Waals surface area contributed by atoms with Crippen LogP contribution in [0.2, 0.25) is 0 Å². The van der Waals surface area contributed by atoms with Crippen molar-refractivity contribution in [3.05, 3.63) is 23.2 Å². The molecule has 1 N–H and O–H groups in total. The molecule has 0 radical (unpaired) electrons. The number of aromatic nitrogens is 1. The maximum Gasteiger partial charge on any atom is 0.321 e. The molecule has 1 aromatic carbocycles. The van der Waals surface area contributed by atoms with E-state index in [1.54, 1.807) is 16.2 Å². The highest BCUT2D eigenvalue weighted by Gasteiger charge is 2.21. The summed E-state index contributed by atoms with van der Waals surface area (Å²) in [5.41, 5.74) is 1.84. The Kier molecular flexibility index (Phi) is 5.59. The van der Waals surface area contributed by atoms with E-state index in [-0.39, 0.29) is 6.03 Å². The molecule has 2 aromatic rings. The van der Waals surface area contributed by atoms with Crippen molar-refractivity contribution in [2.24, 2.45) is 5.92 Å². The summed E-state index contributed by atoms with van der Waals surface area (Å²) < 4.78 is 1.12. The maximum absolute atomic E-state index is 12.5. The minimum Gasteiger partial charge on any atom is -0.327 e. The van der Waals surface area contributed by atoms with Crippen molar-refractivity contribution >= 4 is 33.3 Å². The van der Waals surface area contributed by atoms with E-state index < -0.39 is 0 Å². The number of nitrogens with zero attached hydrogens (tertiary/aromatic N) is 3. The fourth-order valence-corrected chi connectivity index (χ4v) is 4.39. The molecule has 1 saturated heterocycles. The Morgan fingerprint density at radius 2 is 2.28 bits per heavy atom. The lowest BCUT2D eigenvalue weighted by molar-refractivity contribution is 0.170. The highest BCUT2D eigenvalue weighted by atomic mass is 32.1. The van der Waals surface area contributed by atoms with Crippen LogP contribution < -0.4 is 5.32 Å². The highest BCUT2D eigenvalue weighted by Crippen LogP contribution is 2.29. The van der Waals surface area contributed by atoms with Crippen LogP contribution in [-0.4, -0.2) is 54.5 Å². The van der Waals surface area contributed by atoms with Crippen molar-refractivity contribution in [2.75, 3.05) is 39.0 Å². The Hall–Kier alpha value is -1.66. The quantitative estimate of drug-likeness (QED) is 0.888. The molecule has 5 nitrogen and oxygen atoms in total. The predicted octanol–water partition coefficient (Wildman–Crippen LogP) is 4.23. The molecule has 1 unspecified atom stereocenters. The van der Waals surface area contributed by atoms with Crippen LogP contribution in [0.5, 0.6) is 0 Å². The fourth-order valence-electron chi connectivity index (χ4n) is 3.38. The summed E-state index contributed by atoms with van der Waals surface area (Å²) in [5, 5.41) is 4.16. The molecule has 0 aliphatic carbocycles. The largest absolute Gasteiger partial charge is 0.327 e. The Balaban J connectivity index is 1.62. The van der Waals surface area contributed by atoms with E-state index in [2.05, 4.69) is 36.1 Å². The first-order valence-corrected chi connectivity index (χ1v) is 9.85. The Bertz CT molecular complexity index is 742. The molecule has 2 amide bonds. The molecule has 25 heavy (non-hydrogen) atoms. The average molecular weight is 361 g/mol. The normalized spacial score (nSPS) is 18.7. The SMILES string of the molecule is CC(C)c1nc2ccc(NC(=O)N(C)CC3CCCN(C)C3)cc2s1. The minimum atomic E-state index is -0.0406. The second-order valence-corrected chi connectivity index (χ2v) is 8.53. The Morgan fingerprint density at radius 1 is 1.48 bits per heavy atom. The van der Waals surface area contributed by atoms with E-state index in [9.17, 15) is 4.79 Å². The molecule has 0 spiro atoms. The number of thiazole rings is 1. The molecular weight excluding hydrogens is 332 g/mol. The van der Waals surface area contributed by atoms with Crippen LogP contribution >= 0.6 is 11.3 Å². The maximum atomic E-state index is 12.5. The number of nitrogens with one attached hydrogen (secondary N) is 1. The summed E-state index contributed by atoms with van der Waals surface area (Å²) in [7, 11) is 4.04. The topological polar surface area (TPSA) is 48.5 Å². The van der Waals surface area contributed by atoms with Crippen LogP contribution in [0.3, 0.4) is 0 Å². The van der Waals surface area contributed by atoms with Crippen LogP contribution in [0.15, 0.2) is 18.2 Å². The number of anilines is 1. The lowest BCUT2D eigenvalue weighted by atomic mass is 9.98. The van der Waals surface area contributed by atoms with Crippen LogP contribution in [0.1, 0.15) is 37.6 Å². The van der Waals surface area contributed by atoms with Gasteiger partial charge in [-0.1, -0.05) is 13.8 Å². The van der Waals surface area contributed by atoms with Gasteiger partial charge in [0.05, 0.1) is 15.2 Å². The lowest BCUT2D eigenvalue weighted by Gasteiger charge is -2.32. The molecule has 1 aromatic heterocycles. The number of hydrogen-bond acceptors (Lipinski definition) is 4. The van der Waals surface area contributed by atoms with Gasteiger partial charge in [0.1, 0.15) is 0 Å². The van der Waals surface area contributed by atoms with Gasteiger partial charge >= 0.3 is 6.03 Å². The molecule has 0 saturated carbocycles. The molecule has 1 aliphatic heterocycles. The zero-order valence-electron chi connectivity index (χ0n) is 15.6. The molecule has 1 atom stereocenters. The number of fused-ring (bicyclic) bond motifs is 1. The first-order chi connectivity index (χ1) is 11.9. The summed E-state index contributed by atoms with van der Waals surface area (Å²) in [4.78, 5) is 21.3. The summed E-state index contributed by atoms with van der Waals surface area (Å²) in [5.74, 6) is 0.988. The summed E-state index contributed by atoms with van der Waals surface area (Å²) in [6, 6.07) is 5.91. The third-order valence-corrected chi connectivity index (χ3v) is 6.07. The summed E-state index contributed by atoms with van der Waals surface area (Å²) >= 11 is 1.70. The number of hydrogen-bond donors (Lipinski definition) is 1. The van der Waals surface area contributed by atoms with Crippen molar-refractivity contribution in [3.63, 3.8) is 0 Å². The first kappa shape index (κ1) is 18.1. The number of urea groups is 1. The van der Waals surface area contributed by atoms with E-state index >= 15 is 0 Å². The van der Waals surface area contributed by atoms with Gasteiger partial charge in [-0.15, -0.1) is 11.3 Å². The van der Waals surface area contributed by atoms with Crippen molar-refractivity contribution in [1.82, 2.24) is 14.8 Å². The zero-order chi connectivity index (χ0) is 18.0. The van der Waals surface area contributed by atoms with Gasteiger partial charge in [-0.3, -0.25) is 0 Å². The Labute approximate surface area is 154 Å². The van der Waals surface area contributed by atoms with Crippen LogP contribution in [0.25, 0.3) is 10.2 Å². The number of benzene rings is 1. The van der Waals surface area contributed by atoms with E-state index in [1.807, 2.05) is 25.2 Å². The molecule has 0 bridgehead atoms. The van der Waals surface area contributed by atoms with Gasteiger partial charge in [0.25, 0.3) is 0 Å². The summed E-state index contributed by atoms with van der Waals surface area (Å²) in [6.45, 7) is 7.34. The monoisotopic (exact) mass is 360 g/mol. The standard InChI is InChI=1S/C19H28N4OS/c1-13(2)18-21-16-8-7-15(10-17(16)25-18)20-19(24)23(4)12-14-6-5-9-22(3)11-14/h7-8,10,13-14H,5-6,9,11-12H2,1-4H3,(H,20,24). The molecule has 6 heteroatoms. The van der Waals surface area contributed by atoms with Gasteiger partial charge in [0.2, 0.25) is 0 Å². The van der Waals surface area contributed by atoms with Crippen LogP contribution in [0, 0.1) is 5.92 Å². The molecule has 1 aliphatic rings. The number of likely N-dealkylation sites (tertiary alicyclic amines) is 1. The third kappa shape index (κ3) is 4.50. The molecular formula is C19H28N4OS. The number of rotatable bonds is 4. The number of piperidine rings is 1. The predicted molar refractivity (Wildman–Crippen MR) is 106 cm³/mol. The molecule has 2 heterocycles. The Morgan fingerprint density at radius 3 is 3.00 bits per heavy atom. The average Bonchev–Trinajstić information content (AvgIpc) is 2.98. The second-order valence-electron chi connectivity index (χ2n) is 7.47. The molecule has 136 valence electrons. The van der Waals surface area contributed by atoms with E-state index in [4.69, 9.17) is 0 Å². The zero-order valence-corrected chi connectivity index (χ0v) is 16.4. The van der Waals surface area contributed by atoms with Crippen molar-refractivity contribution in [1.29, 1.82) is 0 Å². The second kappa shape index (κ2) is 7.70. The van der Waals surface area contributed by atoms with Crippen molar-refractivity contribution in [2.45, 2.75) is 32.6 Å². The van der Waals surface area contributed by atoms with Crippen molar-refractivity contribution in [3.8, 4) is 0 Å². The van der Waals surface area contributed by atoms with Crippen LogP contribution in [0.4, 0.5) is 10.5 Å². The highest BCUT2D eigenvalue weighted by molar-refractivity contribution is 7.18. The minimum absolute atomic E-state index is 0.0406. The number of carbonyl (C=O) groups excluding carboxylic acids is 1. The lowest BCUT2D eigenvalue weighted by Crippen LogP contribution is -2.41. The fraction of sp³-hybridized carbons (Fsp3) is 0.579. The van der Waals surface area contributed by atoms with E-state index in [0.717, 1.165) is 34.0 Å². The van der Waals surface area contributed by atoms with Gasteiger partial charge in [0, 0.05) is 31.7 Å². The van der Waals surface area contributed by atoms with Gasteiger partial charge in [-0.05, 0) is 50.6 Å². The molecule has 3 rings (SSSR count).